The minimum atomic E-state index is -0.139. The number of carbonyl (C=O) groups is 3. The molecule has 6 nitrogen and oxygen atoms in total. The molecule has 1 aromatic carbocycles. The largest absolute Gasteiger partial charge is 0.486 e. The number of benzene rings is 1. The van der Waals surface area contributed by atoms with Crippen LogP contribution in [-0.4, -0.2) is 30.7 Å². The lowest BCUT2D eigenvalue weighted by molar-refractivity contribution is -0.126. The number of Topliss-reactive ketones (excluding diaryl/α,β-unsaturated/α-hetero) is 2. The van der Waals surface area contributed by atoms with Gasteiger partial charge in [0.15, 0.2) is 17.3 Å². The first-order valence-electron chi connectivity index (χ1n) is 10.8. The Hall–Kier alpha value is -2.67. The Morgan fingerprint density at radius 1 is 1.00 bits per heavy atom. The Bertz CT molecular complexity index is 978. The molecule has 1 atom stereocenters. The van der Waals surface area contributed by atoms with E-state index in [1.54, 1.807) is 6.07 Å². The van der Waals surface area contributed by atoms with E-state index < -0.39 is 0 Å². The number of fused-ring (bicyclic) bond motifs is 1. The van der Waals surface area contributed by atoms with Crippen LogP contribution < -0.4 is 14.8 Å². The highest BCUT2D eigenvalue weighted by Gasteiger charge is 2.34. The van der Waals surface area contributed by atoms with Gasteiger partial charge in [0.2, 0.25) is 5.91 Å². The molecule has 1 fully saturated rings. The Kier molecular flexibility index (Phi) is 6.70. The maximum absolute atomic E-state index is 12.5. The lowest BCUT2D eigenvalue weighted by Gasteiger charge is -2.23. The SMILES string of the molecule is Cc1ccc(C(=O)CCC(=O)CCC(=O)NC(c2ccc3c(c2)OCCO3)C2CC2)s1. The molecule has 1 aromatic heterocycles. The van der Waals surface area contributed by atoms with Crippen molar-refractivity contribution in [2.75, 3.05) is 13.2 Å². The molecular formula is C24H27NO5S. The lowest BCUT2D eigenvalue weighted by Crippen LogP contribution is -2.30. The average molecular weight is 442 g/mol. The predicted molar refractivity (Wildman–Crippen MR) is 118 cm³/mol. The van der Waals surface area contributed by atoms with E-state index in [2.05, 4.69) is 5.32 Å². The van der Waals surface area contributed by atoms with Gasteiger partial charge in [0.25, 0.3) is 0 Å². The zero-order valence-electron chi connectivity index (χ0n) is 17.6. The van der Waals surface area contributed by atoms with E-state index in [1.165, 1.54) is 11.3 Å². The molecule has 1 saturated carbocycles. The normalized spacial score (nSPS) is 15.9. The Morgan fingerprint density at radius 3 is 2.45 bits per heavy atom. The fourth-order valence-electron chi connectivity index (χ4n) is 3.74. The molecule has 0 saturated heterocycles. The molecule has 2 heterocycles. The molecule has 1 amide bonds. The van der Waals surface area contributed by atoms with Crippen LogP contribution in [0.5, 0.6) is 11.5 Å². The summed E-state index contributed by atoms with van der Waals surface area (Å²) in [6.07, 6.45) is 2.81. The topological polar surface area (TPSA) is 81.7 Å². The van der Waals surface area contributed by atoms with Crippen molar-refractivity contribution in [2.24, 2.45) is 5.92 Å². The first-order valence-corrected chi connectivity index (χ1v) is 11.6. The molecule has 1 aliphatic carbocycles. The summed E-state index contributed by atoms with van der Waals surface area (Å²) >= 11 is 1.45. The van der Waals surface area contributed by atoms with E-state index in [1.807, 2.05) is 31.2 Å². The molecule has 0 spiro atoms. The highest BCUT2D eigenvalue weighted by molar-refractivity contribution is 7.14. The number of ether oxygens (including phenoxy) is 2. The van der Waals surface area contributed by atoms with Gasteiger partial charge in [-0.3, -0.25) is 14.4 Å². The summed E-state index contributed by atoms with van der Waals surface area (Å²) in [6.45, 7) is 3.01. The first kappa shape index (κ1) is 21.6. The maximum atomic E-state index is 12.5. The third-order valence-electron chi connectivity index (χ3n) is 5.61. The van der Waals surface area contributed by atoms with Gasteiger partial charge < -0.3 is 14.8 Å². The molecule has 4 rings (SSSR count). The molecule has 2 aliphatic rings. The molecule has 0 radical (unpaired) electrons. The summed E-state index contributed by atoms with van der Waals surface area (Å²) in [5.74, 6) is 1.65. The van der Waals surface area contributed by atoms with Crippen molar-refractivity contribution < 1.29 is 23.9 Å². The molecule has 1 aliphatic heterocycles. The van der Waals surface area contributed by atoms with Crippen molar-refractivity contribution in [3.63, 3.8) is 0 Å². The smallest absolute Gasteiger partial charge is 0.220 e. The molecule has 0 bridgehead atoms. The Balaban J connectivity index is 1.26. The summed E-state index contributed by atoms with van der Waals surface area (Å²) in [4.78, 5) is 38.6. The summed E-state index contributed by atoms with van der Waals surface area (Å²) in [7, 11) is 0. The number of carbonyl (C=O) groups excluding carboxylic acids is 3. The van der Waals surface area contributed by atoms with Crippen LogP contribution in [0.15, 0.2) is 30.3 Å². The summed E-state index contributed by atoms with van der Waals surface area (Å²) in [5, 5.41) is 3.10. The fraction of sp³-hybridized carbons (Fsp3) is 0.458. The standard InChI is InChI=1S/C24H27NO5S/c1-15-2-10-22(31-15)19(27)8-6-18(26)7-11-23(28)25-24(16-3-4-16)17-5-9-20-21(14-17)30-13-12-29-20/h2,5,9-10,14,16,24H,3-4,6-8,11-13H2,1H3,(H,25,28). The number of hydrogen-bond donors (Lipinski definition) is 1. The third kappa shape index (κ3) is 5.73. The van der Waals surface area contributed by atoms with Crippen LogP contribution >= 0.6 is 11.3 Å². The Labute approximate surface area is 185 Å². The maximum Gasteiger partial charge on any atom is 0.220 e. The van der Waals surface area contributed by atoms with Crippen LogP contribution in [-0.2, 0) is 9.59 Å². The number of ketones is 2. The summed E-state index contributed by atoms with van der Waals surface area (Å²) in [6, 6.07) is 9.43. The molecular weight excluding hydrogens is 414 g/mol. The zero-order chi connectivity index (χ0) is 21.8. The van der Waals surface area contributed by atoms with Crippen LogP contribution in [0.3, 0.4) is 0 Å². The number of nitrogens with one attached hydrogen (secondary N) is 1. The van der Waals surface area contributed by atoms with E-state index in [0.29, 0.717) is 29.8 Å². The van der Waals surface area contributed by atoms with Crippen LogP contribution in [0.2, 0.25) is 0 Å². The molecule has 1 N–H and O–H groups in total. The van der Waals surface area contributed by atoms with Gasteiger partial charge in [0, 0.05) is 30.6 Å². The van der Waals surface area contributed by atoms with Gasteiger partial charge in [0.05, 0.1) is 10.9 Å². The van der Waals surface area contributed by atoms with Crippen LogP contribution in [0.4, 0.5) is 0 Å². The van der Waals surface area contributed by atoms with E-state index in [4.69, 9.17) is 9.47 Å². The molecule has 164 valence electrons. The second-order valence-corrected chi connectivity index (χ2v) is 9.45. The molecule has 31 heavy (non-hydrogen) atoms. The van der Waals surface area contributed by atoms with Gasteiger partial charge in [-0.05, 0) is 55.5 Å². The van der Waals surface area contributed by atoms with E-state index in [-0.39, 0.29) is 49.2 Å². The van der Waals surface area contributed by atoms with Crippen LogP contribution in [0.25, 0.3) is 0 Å². The van der Waals surface area contributed by atoms with Crippen molar-refractivity contribution in [1.82, 2.24) is 5.32 Å². The van der Waals surface area contributed by atoms with Gasteiger partial charge in [-0.25, -0.2) is 0 Å². The number of rotatable bonds is 10. The minimum Gasteiger partial charge on any atom is -0.486 e. The highest BCUT2D eigenvalue weighted by Crippen LogP contribution is 2.43. The summed E-state index contributed by atoms with van der Waals surface area (Å²) < 4.78 is 11.2. The number of aryl methyl sites for hydroxylation is 1. The van der Waals surface area contributed by atoms with Crippen molar-refractivity contribution in [3.8, 4) is 11.5 Å². The van der Waals surface area contributed by atoms with E-state index in [0.717, 1.165) is 29.0 Å². The van der Waals surface area contributed by atoms with Gasteiger partial charge in [0.1, 0.15) is 19.0 Å². The highest BCUT2D eigenvalue weighted by atomic mass is 32.1. The van der Waals surface area contributed by atoms with Crippen molar-refractivity contribution in [2.45, 2.75) is 51.5 Å². The van der Waals surface area contributed by atoms with Crippen molar-refractivity contribution >= 4 is 28.8 Å². The van der Waals surface area contributed by atoms with Gasteiger partial charge in [-0.15, -0.1) is 11.3 Å². The zero-order valence-corrected chi connectivity index (χ0v) is 18.5. The molecule has 2 aromatic rings. The van der Waals surface area contributed by atoms with Crippen molar-refractivity contribution in [3.05, 3.63) is 45.6 Å². The fourth-order valence-corrected chi connectivity index (χ4v) is 4.58. The predicted octanol–water partition coefficient (Wildman–Crippen LogP) is 4.41. The lowest BCUT2D eigenvalue weighted by atomic mass is 10.0. The number of amides is 1. The Morgan fingerprint density at radius 2 is 1.74 bits per heavy atom. The second kappa shape index (κ2) is 9.64. The minimum absolute atomic E-state index is 0.0108. The second-order valence-electron chi connectivity index (χ2n) is 8.16. The van der Waals surface area contributed by atoms with Crippen LogP contribution in [0.1, 0.15) is 64.7 Å². The van der Waals surface area contributed by atoms with Gasteiger partial charge >= 0.3 is 0 Å². The van der Waals surface area contributed by atoms with E-state index >= 15 is 0 Å². The monoisotopic (exact) mass is 441 g/mol. The first-order chi connectivity index (χ1) is 15.0. The van der Waals surface area contributed by atoms with Crippen LogP contribution in [0, 0.1) is 12.8 Å². The molecule has 1 unspecified atom stereocenters. The van der Waals surface area contributed by atoms with Gasteiger partial charge in [-0.2, -0.15) is 0 Å². The van der Waals surface area contributed by atoms with E-state index in [9.17, 15) is 14.4 Å². The van der Waals surface area contributed by atoms with Crippen molar-refractivity contribution in [1.29, 1.82) is 0 Å². The third-order valence-corrected chi connectivity index (χ3v) is 6.65. The average Bonchev–Trinajstić information content (AvgIpc) is 3.53. The molecule has 7 heteroatoms. The van der Waals surface area contributed by atoms with Gasteiger partial charge in [-0.1, -0.05) is 6.07 Å². The summed E-state index contributed by atoms with van der Waals surface area (Å²) in [5.41, 5.74) is 1.00. The number of thiophene rings is 1. The number of hydrogen-bond acceptors (Lipinski definition) is 6. The quantitative estimate of drug-likeness (QED) is 0.553.